The number of amides is 1. The summed E-state index contributed by atoms with van der Waals surface area (Å²) >= 11 is 7.15. The molecule has 0 aliphatic carbocycles. The van der Waals surface area contributed by atoms with Crippen LogP contribution in [0.4, 0.5) is 5.69 Å². The molecule has 1 heterocycles. The number of hydrogen-bond donors (Lipinski definition) is 2. The van der Waals surface area contributed by atoms with Crippen LogP contribution < -0.4 is 5.32 Å². The van der Waals surface area contributed by atoms with Crippen molar-refractivity contribution in [2.75, 3.05) is 11.9 Å². The standard InChI is InChI=1S/C13H9ClN2O2S/c14-10-4-3-9(2-1-5-17)11(6-10)16-13(18)12-7-15-8-19-12/h3-4,6-8,17H,5H2,(H,16,18). The van der Waals surface area contributed by atoms with Crippen LogP contribution >= 0.6 is 22.9 Å². The Balaban J connectivity index is 2.28. The van der Waals surface area contributed by atoms with E-state index in [0.717, 1.165) is 0 Å². The van der Waals surface area contributed by atoms with Gasteiger partial charge in [0, 0.05) is 10.6 Å². The molecule has 1 amide bonds. The molecule has 6 heteroatoms. The van der Waals surface area contributed by atoms with Gasteiger partial charge in [0.1, 0.15) is 11.5 Å². The summed E-state index contributed by atoms with van der Waals surface area (Å²) in [6.45, 7) is -0.245. The zero-order valence-electron chi connectivity index (χ0n) is 9.68. The minimum Gasteiger partial charge on any atom is -0.384 e. The van der Waals surface area contributed by atoms with Gasteiger partial charge < -0.3 is 10.4 Å². The summed E-state index contributed by atoms with van der Waals surface area (Å²) < 4.78 is 0. The molecule has 4 nitrogen and oxygen atoms in total. The van der Waals surface area contributed by atoms with Crippen LogP contribution in [-0.4, -0.2) is 22.6 Å². The van der Waals surface area contributed by atoms with Crippen molar-refractivity contribution in [2.24, 2.45) is 0 Å². The molecule has 0 aliphatic rings. The number of aromatic nitrogens is 1. The van der Waals surface area contributed by atoms with E-state index in [2.05, 4.69) is 22.1 Å². The molecule has 0 aliphatic heterocycles. The topological polar surface area (TPSA) is 62.2 Å². The van der Waals surface area contributed by atoms with E-state index in [0.29, 0.717) is 21.2 Å². The van der Waals surface area contributed by atoms with Crippen molar-refractivity contribution in [3.63, 3.8) is 0 Å². The minimum absolute atomic E-state index is 0.245. The number of nitrogens with zero attached hydrogens (tertiary/aromatic N) is 1. The van der Waals surface area contributed by atoms with Crippen LogP contribution in [0.3, 0.4) is 0 Å². The largest absolute Gasteiger partial charge is 0.384 e. The predicted molar refractivity (Wildman–Crippen MR) is 75.5 cm³/mol. The maximum absolute atomic E-state index is 11.9. The normalized spacial score (nSPS) is 9.58. The lowest BCUT2D eigenvalue weighted by molar-refractivity contribution is 0.103. The van der Waals surface area contributed by atoms with Crippen molar-refractivity contribution >= 4 is 34.5 Å². The molecule has 0 atom stereocenters. The Kier molecular flexibility index (Phi) is 4.53. The molecule has 0 unspecified atom stereocenters. The van der Waals surface area contributed by atoms with Gasteiger partial charge in [-0.1, -0.05) is 23.4 Å². The number of nitrogens with one attached hydrogen (secondary N) is 1. The smallest absolute Gasteiger partial charge is 0.267 e. The van der Waals surface area contributed by atoms with Gasteiger partial charge in [0.05, 0.1) is 17.4 Å². The van der Waals surface area contributed by atoms with E-state index in [1.807, 2.05) is 0 Å². The highest BCUT2D eigenvalue weighted by atomic mass is 35.5. The average Bonchev–Trinajstić information content (AvgIpc) is 2.92. The highest BCUT2D eigenvalue weighted by molar-refractivity contribution is 7.11. The van der Waals surface area contributed by atoms with Crippen LogP contribution in [0.5, 0.6) is 0 Å². The number of thiazole rings is 1. The first-order chi connectivity index (χ1) is 9.20. The van der Waals surface area contributed by atoms with E-state index in [-0.39, 0.29) is 12.5 Å². The predicted octanol–water partition coefficient (Wildman–Crippen LogP) is 2.39. The Morgan fingerprint density at radius 1 is 1.53 bits per heavy atom. The Labute approximate surface area is 119 Å². The van der Waals surface area contributed by atoms with E-state index in [1.54, 1.807) is 23.7 Å². The maximum Gasteiger partial charge on any atom is 0.267 e. The van der Waals surface area contributed by atoms with Crippen LogP contribution in [0, 0.1) is 11.8 Å². The summed E-state index contributed by atoms with van der Waals surface area (Å²) in [5.74, 6) is 5.02. The van der Waals surface area contributed by atoms with Gasteiger partial charge in [-0.15, -0.1) is 11.3 Å². The maximum atomic E-state index is 11.9. The minimum atomic E-state index is -0.267. The van der Waals surface area contributed by atoms with Gasteiger partial charge in [-0.3, -0.25) is 9.78 Å². The molecule has 19 heavy (non-hydrogen) atoms. The highest BCUT2D eigenvalue weighted by Gasteiger charge is 2.10. The van der Waals surface area contributed by atoms with Gasteiger partial charge >= 0.3 is 0 Å². The van der Waals surface area contributed by atoms with Crippen molar-refractivity contribution in [2.45, 2.75) is 0 Å². The molecule has 0 bridgehead atoms. The molecule has 0 saturated carbocycles. The van der Waals surface area contributed by atoms with E-state index in [1.165, 1.54) is 17.5 Å². The van der Waals surface area contributed by atoms with Crippen LogP contribution in [0.25, 0.3) is 0 Å². The summed E-state index contributed by atoms with van der Waals surface area (Å²) in [5, 5.41) is 11.9. The van der Waals surface area contributed by atoms with Crippen LogP contribution in [0.2, 0.25) is 5.02 Å². The summed E-state index contributed by atoms with van der Waals surface area (Å²) in [6, 6.07) is 4.97. The lowest BCUT2D eigenvalue weighted by Gasteiger charge is -2.06. The van der Waals surface area contributed by atoms with Crippen molar-refractivity contribution < 1.29 is 9.90 Å². The number of carbonyl (C=O) groups is 1. The van der Waals surface area contributed by atoms with Gasteiger partial charge in [-0.05, 0) is 18.2 Å². The molecule has 1 aromatic carbocycles. The van der Waals surface area contributed by atoms with Crippen molar-refractivity contribution in [1.82, 2.24) is 4.98 Å². The average molecular weight is 293 g/mol. The van der Waals surface area contributed by atoms with Gasteiger partial charge in [-0.2, -0.15) is 0 Å². The van der Waals surface area contributed by atoms with E-state index >= 15 is 0 Å². The molecule has 2 aromatic rings. The SMILES string of the molecule is O=C(Nc1cc(Cl)ccc1C#CCO)c1cncs1. The monoisotopic (exact) mass is 292 g/mol. The van der Waals surface area contributed by atoms with Crippen molar-refractivity contribution in [1.29, 1.82) is 0 Å². The van der Waals surface area contributed by atoms with E-state index in [4.69, 9.17) is 16.7 Å². The van der Waals surface area contributed by atoms with E-state index < -0.39 is 0 Å². The summed E-state index contributed by atoms with van der Waals surface area (Å²) in [4.78, 5) is 16.3. The molecule has 2 N–H and O–H groups in total. The second kappa shape index (κ2) is 6.34. The number of aliphatic hydroxyl groups excluding tert-OH is 1. The van der Waals surface area contributed by atoms with Gasteiger partial charge in [-0.25, -0.2) is 0 Å². The number of aliphatic hydroxyl groups is 1. The molecule has 1 aromatic heterocycles. The van der Waals surface area contributed by atoms with Crippen LogP contribution in [0.1, 0.15) is 15.2 Å². The fraction of sp³-hybridized carbons (Fsp3) is 0.0769. The lowest BCUT2D eigenvalue weighted by Crippen LogP contribution is -2.11. The van der Waals surface area contributed by atoms with Gasteiger partial charge in [0.2, 0.25) is 0 Å². The molecule has 0 saturated heterocycles. The number of rotatable bonds is 2. The number of benzene rings is 1. The Bertz CT molecular complexity index is 644. The highest BCUT2D eigenvalue weighted by Crippen LogP contribution is 2.21. The Morgan fingerprint density at radius 3 is 3.05 bits per heavy atom. The number of anilines is 1. The molecular formula is C13H9ClN2O2S. The number of carbonyl (C=O) groups excluding carboxylic acids is 1. The van der Waals surface area contributed by atoms with E-state index in [9.17, 15) is 4.79 Å². The third-order valence-electron chi connectivity index (χ3n) is 2.19. The lowest BCUT2D eigenvalue weighted by atomic mass is 10.2. The second-order valence-electron chi connectivity index (χ2n) is 3.47. The Morgan fingerprint density at radius 2 is 2.37 bits per heavy atom. The zero-order valence-corrected chi connectivity index (χ0v) is 11.3. The fourth-order valence-corrected chi connectivity index (χ4v) is 2.06. The third kappa shape index (κ3) is 3.55. The van der Waals surface area contributed by atoms with Crippen molar-refractivity contribution in [3.8, 4) is 11.8 Å². The Hall–Kier alpha value is -1.87. The summed E-state index contributed by atoms with van der Waals surface area (Å²) in [7, 11) is 0. The van der Waals surface area contributed by atoms with Crippen molar-refractivity contribution in [3.05, 3.63) is 45.4 Å². The molecule has 96 valence electrons. The van der Waals surface area contributed by atoms with Crippen LogP contribution in [0.15, 0.2) is 29.9 Å². The first-order valence-corrected chi connectivity index (χ1v) is 6.55. The molecule has 0 fully saturated rings. The van der Waals surface area contributed by atoms with Crippen LogP contribution in [-0.2, 0) is 0 Å². The van der Waals surface area contributed by atoms with Gasteiger partial charge in [0.25, 0.3) is 5.91 Å². The first kappa shape index (κ1) is 13.6. The molecule has 2 rings (SSSR count). The van der Waals surface area contributed by atoms with Gasteiger partial charge in [0.15, 0.2) is 0 Å². The summed E-state index contributed by atoms with van der Waals surface area (Å²) in [6.07, 6.45) is 1.49. The zero-order chi connectivity index (χ0) is 13.7. The molecule has 0 radical (unpaired) electrons. The second-order valence-corrected chi connectivity index (χ2v) is 4.79. The fourth-order valence-electron chi connectivity index (χ4n) is 1.38. The molecular weight excluding hydrogens is 284 g/mol. The molecule has 0 spiro atoms. The number of halogens is 1. The quantitative estimate of drug-likeness (QED) is 0.836. The first-order valence-electron chi connectivity index (χ1n) is 5.30. The third-order valence-corrected chi connectivity index (χ3v) is 3.20. The summed E-state index contributed by atoms with van der Waals surface area (Å²) in [5.41, 5.74) is 2.68. The number of hydrogen-bond acceptors (Lipinski definition) is 4.